The van der Waals surface area contributed by atoms with Crippen LogP contribution >= 0.6 is 0 Å². The summed E-state index contributed by atoms with van der Waals surface area (Å²) in [6, 6.07) is 4.79. The van der Waals surface area contributed by atoms with Crippen molar-refractivity contribution < 1.29 is 9.50 Å². The Kier molecular flexibility index (Phi) is 5.38. The van der Waals surface area contributed by atoms with E-state index >= 15 is 0 Å². The number of anilines is 1. The largest absolute Gasteiger partial charge is 0.396 e. The minimum absolute atomic E-state index is 0.0800. The van der Waals surface area contributed by atoms with Gasteiger partial charge < -0.3 is 16.2 Å². The predicted octanol–water partition coefficient (Wildman–Crippen LogP) is 2.22. The van der Waals surface area contributed by atoms with Gasteiger partial charge in [0.05, 0.1) is 11.8 Å². The van der Waals surface area contributed by atoms with Crippen LogP contribution in [-0.4, -0.2) is 17.7 Å². The van der Waals surface area contributed by atoms with Gasteiger partial charge in [-0.2, -0.15) is 0 Å². The minimum Gasteiger partial charge on any atom is -0.396 e. The number of rotatable bonds is 6. The molecule has 0 aliphatic heterocycles. The monoisotopic (exact) mass is 240 g/mol. The molecule has 0 aliphatic rings. The summed E-state index contributed by atoms with van der Waals surface area (Å²) in [6.07, 6.45) is 1.05. The second-order valence-corrected chi connectivity index (χ2v) is 4.35. The van der Waals surface area contributed by atoms with Crippen molar-refractivity contribution in [1.29, 1.82) is 0 Å². The zero-order valence-corrected chi connectivity index (χ0v) is 10.4. The molecule has 0 spiro atoms. The van der Waals surface area contributed by atoms with Crippen LogP contribution in [0.4, 0.5) is 10.1 Å². The van der Waals surface area contributed by atoms with Gasteiger partial charge in [-0.1, -0.05) is 13.0 Å². The van der Waals surface area contributed by atoms with Crippen LogP contribution in [0.3, 0.4) is 0 Å². The molecule has 0 fully saturated rings. The Bertz CT molecular complexity index is 357. The Labute approximate surface area is 102 Å². The zero-order valence-electron chi connectivity index (χ0n) is 10.4. The Balaban J connectivity index is 2.46. The molecule has 0 aliphatic carbocycles. The molecule has 0 saturated carbocycles. The first kappa shape index (κ1) is 13.9. The van der Waals surface area contributed by atoms with Crippen molar-refractivity contribution in [3.63, 3.8) is 0 Å². The van der Waals surface area contributed by atoms with E-state index < -0.39 is 11.9 Å². The van der Waals surface area contributed by atoms with E-state index in [2.05, 4.69) is 19.2 Å². The Morgan fingerprint density at radius 2 is 2.18 bits per heavy atom. The lowest BCUT2D eigenvalue weighted by atomic mass is 10.1. The van der Waals surface area contributed by atoms with Crippen LogP contribution in [-0.2, 0) is 0 Å². The topological polar surface area (TPSA) is 58.3 Å². The van der Waals surface area contributed by atoms with Crippen molar-refractivity contribution in [2.24, 2.45) is 0 Å². The summed E-state index contributed by atoms with van der Waals surface area (Å²) >= 11 is 0. The molecule has 0 saturated heterocycles. The van der Waals surface area contributed by atoms with E-state index in [0.717, 1.165) is 13.0 Å². The number of nitrogen functional groups attached to an aromatic ring is 1. The lowest BCUT2D eigenvalue weighted by Crippen LogP contribution is -2.27. The third-order valence-electron chi connectivity index (χ3n) is 2.93. The average molecular weight is 240 g/mol. The smallest absolute Gasteiger partial charge is 0.146 e. The van der Waals surface area contributed by atoms with Gasteiger partial charge in [0.15, 0.2) is 0 Å². The number of aliphatic hydroxyl groups is 1. The maximum absolute atomic E-state index is 12.9. The fourth-order valence-electron chi connectivity index (χ4n) is 1.55. The number of nitrogens with one attached hydrogen (secondary N) is 1. The second-order valence-electron chi connectivity index (χ2n) is 4.35. The molecular weight excluding hydrogens is 219 g/mol. The second kappa shape index (κ2) is 6.57. The van der Waals surface area contributed by atoms with Gasteiger partial charge in [0.25, 0.3) is 0 Å². The summed E-state index contributed by atoms with van der Waals surface area (Å²) in [6.45, 7) is 4.94. The number of nitrogens with two attached hydrogens (primary N) is 1. The molecule has 3 nitrogen and oxygen atoms in total. The summed E-state index contributed by atoms with van der Waals surface area (Å²) in [7, 11) is 0. The van der Waals surface area contributed by atoms with Gasteiger partial charge in [0.2, 0.25) is 0 Å². The molecule has 1 aromatic carbocycles. The third kappa shape index (κ3) is 4.32. The SMILES string of the molecule is CCC(C)NCCC(O)c1ccc(F)c(N)c1. The van der Waals surface area contributed by atoms with Crippen molar-refractivity contribution in [1.82, 2.24) is 5.32 Å². The van der Waals surface area contributed by atoms with Gasteiger partial charge in [0.1, 0.15) is 5.82 Å². The highest BCUT2D eigenvalue weighted by Gasteiger charge is 2.09. The highest BCUT2D eigenvalue weighted by atomic mass is 19.1. The van der Waals surface area contributed by atoms with Crippen molar-refractivity contribution in [2.45, 2.75) is 38.8 Å². The molecule has 0 heterocycles. The van der Waals surface area contributed by atoms with Crippen molar-refractivity contribution in [3.8, 4) is 0 Å². The molecule has 1 aromatic rings. The van der Waals surface area contributed by atoms with E-state index in [9.17, 15) is 9.50 Å². The summed E-state index contributed by atoms with van der Waals surface area (Å²) in [5.41, 5.74) is 6.20. The molecular formula is C13H21FN2O. The van der Waals surface area contributed by atoms with Crippen LogP contribution in [0.25, 0.3) is 0 Å². The lowest BCUT2D eigenvalue weighted by molar-refractivity contribution is 0.165. The van der Waals surface area contributed by atoms with E-state index in [-0.39, 0.29) is 5.69 Å². The molecule has 0 bridgehead atoms. The number of hydrogen-bond donors (Lipinski definition) is 3. The van der Waals surface area contributed by atoms with Crippen LogP contribution in [0.1, 0.15) is 38.4 Å². The summed E-state index contributed by atoms with van der Waals surface area (Å²) in [5, 5.41) is 13.2. The van der Waals surface area contributed by atoms with Crippen LogP contribution in [0.5, 0.6) is 0 Å². The van der Waals surface area contributed by atoms with Crippen LogP contribution in [0, 0.1) is 5.82 Å². The first-order valence-electron chi connectivity index (χ1n) is 6.01. The maximum atomic E-state index is 12.9. The zero-order chi connectivity index (χ0) is 12.8. The van der Waals surface area contributed by atoms with E-state index in [0.29, 0.717) is 18.0 Å². The molecule has 0 amide bonds. The van der Waals surface area contributed by atoms with Gasteiger partial charge >= 0.3 is 0 Å². The standard InChI is InChI=1S/C13H21FN2O/c1-3-9(2)16-7-6-13(17)10-4-5-11(14)12(15)8-10/h4-5,8-9,13,16-17H,3,6-7,15H2,1-2H3. The lowest BCUT2D eigenvalue weighted by Gasteiger charge is -2.15. The molecule has 4 heteroatoms. The first-order chi connectivity index (χ1) is 8.04. The molecule has 1 rings (SSSR count). The maximum Gasteiger partial charge on any atom is 0.146 e. The minimum atomic E-state index is -0.602. The van der Waals surface area contributed by atoms with Crippen LogP contribution < -0.4 is 11.1 Å². The summed E-state index contributed by atoms with van der Waals surface area (Å²) in [5.74, 6) is -0.446. The summed E-state index contributed by atoms with van der Waals surface area (Å²) < 4.78 is 12.9. The molecule has 2 atom stereocenters. The number of aliphatic hydroxyl groups excluding tert-OH is 1. The third-order valence-corrected chi connectivity index (χ3v) is 2.93. The highest BCUT2D eigenvalue weighted by molar-refractivity contribution is 5.43. The first-order valence-corrected chi connectivity index (χ1v) is 6.01. The Morgan fingerprint density at radius 1 is 1.47 bits per heavy atom. The van der Waals surface area contributed by atoms with E-state index in [1.807, 2.05) is 0 Å². The van der Waals surface area contributed by atoms with Gasteiger partial charge in [-0.15, -0.1) is 0 Å². The molecule has 0 radical (unpaired) electrons. The van der Waals surface area contributed by atoms with Crippen LogP contribution in [0.15, 0.2) is 18.2 Å². The Morgan fingerprint density at radius 3 is 2.76 bits per heavy atom. The van der Waals surface area contributed by atoms with Crippen molar-refractivity contribution in [2.75, 3.05) is 12.3 Å². The Hall–Kier alpha value is -1.13. The molecule has 2 unspecified atom stereocenters. The van der Waals surface area contributed by atoms with Gasteiger partial charge in [-0.3, -0.25) is 0 Å². The predicted molar refractivity (Wildman–Crippen MR) is 68.1 cm³/mol. The number of benzene rings is 1. The van der Waals surface area contributed by atoms with E-state index in [1.165, 1.54) is 12.1 Å². The normalized spacial score (nSPS) is 14.6. The molecule has 17 heavy (non-hydrogen) atoms. The molecule has 4 N–H and O–H groups in total. The van der Waals surface area contributed by atoms with Crippen molar-refractivity contribution >= 4 is 5.69 Å². The highest BCUT2D eigenvalue weighted by Crippen LogP contribution is 2.20. The fraction of sp³-hybridized carbons (Fsp3) is 0.538. The van der Waals surface area contributed by atoms with E-state index in [4.69, 9.17) is 5.73 Å². The number of hydrogen-bond acceptors (Lipinski definition) is 3. The van der Waals surface area contributed by atoms with E-state index in [1.54, 1.807) is 6.07 Å². The summed E-state index contributed by atoms with van der Waals surface area (Å²) in [4.78, 5) is 0. The van der Waals surface area contributed by atoms with Gasteiger partial charge in [-0.05, 0) is 44.0 Å². The van der Waals surface area contributed by atoms with Gasteiger partial charge in [0, 0.05) is 6.04 Å². The molecule has 0 aromatic heterocycles. The average Bonchev–Trinajstić information content (AvgIpc) is 2.32. The quantitative estimate of drug-likeness (QED) is 0.668. The van der Waals surface area contributed by atoms with Crippen molar-refractivity contribution in [3.05, 3.63) is 29.6 Å². The van der Waals surface area contributed by atoms with Gasteiger partial charge in [-0.25, -0.2) is 4.39 Å². The molecule has 96 valence electrons. The fourth-order valence-corrected chi connectivity index (χ4v) is 1.55. The number of halogens is 1. The van der Waals surface area contributed by atoms with Crippen LogP contribution in [0.2, 0.25) is 0 Å².